The predicted molar refractivity (Wildman–Crippen MR) is 113 cm³/mol. The zero-order valence-electron chi connectivity index (χ0n) is 16.8. The third kappa shape index (κ3) is 5.61. The van der Waals surface area contributed by atoms with Gasteiger partial charge >= 0.3 is 0 Å². The van der Waals surface area contributed by atoms with Crippen molar-refractivity contribution in [3.63, 3.8) is 0 Å². The van der Waals surface area contributed by atoms with Gasteiger partial charge < -0.3 is 4.74 Å². The third-order valence-corrected chi connectivity index (χ3v) is 8.16. The number of nitrogens with zero attached hydrogens (tertiary/aromatic N) is 2. The van der Waals surface area contributed by atoms with Gasteiger partial charge in [0.25, 0.3) is 15.9 Å². The zero-order valence-corrected chi connectivity index (χ0v) is 18.4. The number of amides is 2. The Kier molecular flexibility index (Phi) is 7.27. The molecular formula is C20H22N4O5S2. The van der Waals surface area contributed by atoms with E-state index in [4.69, 9.17) is 10.00 Å². The highest BCUT2D eigenvalue weighted by Gasteiger charge is 2.32. The molecule has 2 heterocycles. The highest BCUT2D eigenvalue weighted by molar-refractivity contribution is 7.91. The van der Waals surface area contributed by atoms with E-state index >= 15 is 0 Å². The zero-order chi connectivity index (χ0) is 22.4. The molecule has 1 fully saturated rings. The fourth-order valence-corrected chi connectivity index (χ4v) is 5.70. The molecule has 1 atom stereocenters. The quantitative estimate of drug-likeness (QED) is 0.628. The monoisotopic (exact) mass is 462 g/mol. The second-order valence-corrected chi connectivity index (χ2v) is 10.1. The van der Waals surface area contributed by atoms with E-state index in [2.05, 4.69) is 10.9 Å². The Morgan fingerprint density at radius 1 is 1.19 bits per heavy atom. The fraction of sp³-hybridized carbons (Fsp3) is 0.350. The maximum atomic E-state index is 12.5. The van der Waals surface area contributed by atoms with Gasteiger partial charge in [-0.2, -0.15) is 9.57 Å². The molecule has 1 saturated heterocycles. The first-order valence-corrected chi connectivity index (χ1v) is 11.9. The van der Waals surface area contributed by atoms with E-state index in [1.54, 1.807) is 41.8 Å². The van der Waals surface area contributed by atoms with E-state index in [-0.39, 0.29) is 19.0 Å². The van der Waals surface area contributed by atoms with Crippen LogP contribution in [0, 0.1) is 17.2 Å². The number of carbonyl (C=O) groups excluding carboxylic acids is 2. The summed E-state index contributed by atoms with van der Waals surface area (Å²) in [4.78, 5) is 24.6. The van der Waals surface area contributed by atoms with Crippen LogP contribution >= 0.6 is 11.3 Å². The van der Waals surface area contributed by atoms with Crippen molar-refractivity contribution in [1.29, 1.82) is 5.26 Å². The Morgan fingerprint density at radius 3 is 2.45 bits per heavy atom. The van der Waals surface area contributed by atoms with E-state index in [0.29, 0.717) is 28.4 Å². The number of piperidine rings is 1. The summed E-state index contributed by atoms with van der Waals surface area (Å²) in [5.41, 5.74) is 5.21. The highest BCUT2D eigenvalue weighted by atomic mass is 32.2. The summed E-state index contributed by atoms with van der Waals surface area (Å²) in [5, 5.41) is 10.5. The Labute approximate surface area is 184 Å². The molecule has 0 saturated carbocycles. The summed E-state index contributed by atoms with van der Waals surface area (Å²) in [5.74, 6) is -0.875. The molecule has 31 heavy (non-hydrogen) atoms. The number of thiophene rings is 1. The topological polar surface area (TPSA) is 129 Å². The molecule has 2 aromatic rings. The molecule has 3 rings (SSSR count). The van der Waals surface area contributed by atoms with Gasteiger partial charge in [0, 0.05) is 19.0 Å². The van der Waals surface area contributed by atoms with Gasteiger partial charge in [0.2, 0.25) is 5.91 Å². The van der Waals surface area contributed by atoms with Crippen molar-refractivity contribution in [3.05, 3.63) is 47.3 Å². The first kappa shape index (κ1) is 22.7. The molecule has 2 amide bonds. The van der Waals surface area contributed by atoms with Crippen LogP contribution in [0.4, 0.5) is 0 Å². The molecule has 0 unspecified atom stereocenters. The van der Waals surface area contributed by atoms with Gasteiger partial charge in [-0.15, -0.1) is 11.3 Å². The molecule has 0 spiro atoms. The van der Waals surface area contributed by atoms with Gasteiger partial charge in [0.15, 0.2) is 6.10 Å². The van der Waals surface area contributed by atoms with Crippen LogP contribution in [0.3, 0.4) is 0 Å². The number of nitriles is 1. The summed E-state index contributed by atoms with van der Waals surface area (Å²) < 4.78 is 32.3. The van der Waals surface area contributed by atoms with Crippen LogP contribution in [0.5, 0.6) is 5.75 Å². The largest absolute Gasteiger partial charge is 0.481 e. The highest BCUT2D eigenvalue weighted by Crippen LogP contribution is 2.26. The summed E-state index contributed by atoms with van der Waals surface area (Å²) in [6.45, 7) is 2.02. The number of hydrogen-bond donors (Lipinski definition) is 2. The average Bonchev–Trinajstić information content (AvgIpc) is 3.33. The second kappa shape index (κ2) is 9.91. The van der Waals surface area contributed by atoms with Gasteiger partial charge in [-0.25, -0.2) is 8.42 Å². The first-order valence-electron chi connectivity index (χ1n) is 9.61. The van der Waals surface area contributed by atoms with E-state index < -0.39 is 28.0 Å². The number of carbonyl (C=O) groups is 2. The minimum absolute atomic E-state index is 0.241. The lowest BCUT2D eigenvalue weighted by Crippen LogP contribution is -2.50. The summed E-state index contributed by atoms with van der Waals surface area (Å²) >= 11 is 1.16. The molecule has 2 N–H and O–H groups in total. The fourth-order valence-electron chi connectivity index (χ4n) is 3.09. The third-order valence-electron chi connectivity index (χ3n) is 4.89. The minimum Gasteiger partial charge on any atom is -0.481 e. The molecule has 0 radical (unpaired) electrons. The van der Waals surface area contributed by atoms with E-state index in [9.17, 15) is 18.0 Å². The minimum atomic E-state index is -3.52. The van der Waals surface area contributed by atoms with Crippen LogP contribution in [0.2, 0.25) is 0 Å². The predicted octanol–water partition coefficient (Wildman–Crippen LogP) is 1.64. The first-order chi connectivity index (χ1) is 14.8. The number of benzene rings is 1. The molecular weight excluding hydrogens is 440 g/mol. The van der Waals surface area contributed by atoms with Crippen molar-refractivity contribution in [2.45, 2.75) is 30.1 Å². The maximum Gasteiger partial charge on any atom is 0.279 e. The molecule has 9 nitrogen and oxygen atoms in total. The molecule has 0 bridgehead atoms. The number of nitrogens with one attached hydrogen (secondary N) is 2. The van der Waals surface area contributed by atoms with E-state index in [1.165, 1.54) is 11.2 Å². The number of ether oxygens (including phenoxy) is 1. The van der Waals surface area contributed by atoms with Gasteiger partial charge in [-0.05, 0) is 55.5 Å². The van der Waals surface area contributed by atoms with Crippen molar-refractivity contribution in [2.75, 3.05) is 13.1 Å². The second-order valence-electron chi connectivity index (χ2n) is 6.99. The average molecular weight is 463 g/mol. The van der Waals surface area contributed by atoms with E-state index in [1.807, 2.05) is 6.07 Å². The summed E-state index contributed by atoms with van der Waals surface area (Å²) in [6.07, 6.45) is -0.140. The Balaban J connectivity index is 1.44. The van der Waals surface area contributed by atoms with Gasteiger partial charge in [-0.1, -0.05) is 6.07 Å². The van der Waals surface area contributed by atoms with Crippen molar-refractivity contribution >= 4 is 33.2 Å². The lowest BCUT2D eigenvalue weighted by atomic mass is 9.98. The Morgan fingerprint density at radius 2 is 1.87 bits per heavy atom. The number of hydrogen-bond acceptors (Lipinski definition) is 7. The lowest BCUT2D eigenvalue weighted by Gasteiger charge is -2.30. The van der Waals surface area contributed by atoms with Crippen LogP contribution < -0.4 is 15.6 Å². The van der Waals surface area contributed by atoms with Crippen LogP contribution in [-0.2, 0) is 19.6 Å². The van der Waals surface area contributed by atoms with Gasteiger partial charge in [0.1, 0.15) is 9.96 Å². The van der Waals surface area contributed by atoms with Crippen molar-refractivity contribution in [1.82, 2.24) is 15.2 Å². The van der Waals surface area contributed by atoms with Gasteiger partial charge in [0.05, 0.1) is 11.6 Å². The summed E-state index contributed by atoms with van der Waals surface area (Å²) in [7, 11) is -3.52. The van der Waals surface area contributed by atoms with Crippen molar-refractivity contribution in [2.24, 2.45) is 5.92 Å². The van der Waals surface area contributed by atoms with Crippen LogP contribution in [0.25, 0.3) is 0 Å². The number of hydrazine groups is 1. The molecule has 1 aromatic heterocycles. The normalized spacial score (nSPS) is 16.1. The van der Waals surface area contributed by atoms with Gasteiger partial charge in [-0.3, -0.25) is 20.4 Å². The van der Waals surface area contributed by atoms with Crippen LogP contribution in [0.1, 0.15) is 25.3 Å². The van der Waals surface area contributed by atoms with E-state index in [0.717, 1.165) is 11.3 Å². The molecule has 0 aliphatic carbocycles. The molecule has 1 aliphatic rings. The number of rotatable bonds is 6. The number of sulfonamides is 1. The van der Waals surface area contributed by atoms with Crippen LogP contribution in [0.15, 0.2) is 46.0 Å². The molecule has 1 aliphatic heterocycles. The smallest absolute Gasteiger partial charge is 0.279 e. The van der Waals surface area contributed by atoms with Crippen molar-refractivity contribution < 1.29 is 22.7 Å². The summed E-state index contributed by atoms with van der Waals surface area (Å²) in [6, 6.07) is 11.6. The lowest BCUT2D eigenvalue weighted by molar-refractivity contribution is -0.134. The van der Waals surface area contributed by atoms with Crippen molar-refractivity contribution in [3.8, 4) is 11.8 Å². The molecule has 11 heteroatoms. The maximum absolute atomic E-state index is 12.5. The molecule has 1 aromatic carbocycles. The standard InChI is InChI=1S/C20H22N4O5S2/c1-14(29-17-6-4-15(13-21)5-7-17)19(25)22-23-20(26)16-8-10-24(11-9-16)31(27,28)18-3-2-12-30-18/h2-7,12,14,16H,8-11H2,1H3,(H,22,25)(H,23,26)/t14-/m1/s1. The molecule has 164 valence electrons. The van der Waals surface area contributed by atoms with Crippen LogP contribution in [-0.4, -0.2) is 43.7 Å². The Hall–Kier alpha value is -2.94. The Bertz CT molecular complexity index is 1050. The SMILES string of the molecule is C[C@@H](Oc1ccc(C#N)cc1)C(=O)NNC(=O)C1CCN(S(=O)(=O)c2cccs2)CC1.